The van der Waals surface area contributed by atoms with Crippen LogP contribution in [0.4, 0.5) is 0 Å². The molecule has 1 aliphatic heterocycles. The van der Waals surface area contributed by atoms with E-state index in [4.69, 9.17) is 0 Å². The van der Waals surface area contributed by atoms with Crippen molar-refractivity contribution in [3.8, 4) is 0 Å². The predicted octanol–water partition coefficient (Wildman–Crippen LogP) is 5.24. The first-order valence-corrected chi connectivity index (χ1v) is 10.5. The minimum absolute atomic E-state index is 0.0499. The van der Waals surface area contributed by atoms with Crippen LogP contribution in [0.15, 0.2) is 0 Å². The number of carbonyl (C=O) groups excluding carboxylic acids is 1. The molecule has 3 nitrogen and oxygen atoms in total. The first kappa shape index (κ1) is 23.6. The van der Waals surface area contributed by atoms with Crippen LogP contribution in [0.25, 0.3) is 0 Å². The number of rotatable bonds is 7. The number of hydrogen-bond acceptors (Lipinski definition) is 3. The van der Waals surface area contributed by atoms with Crippen molar-refractivity contribution in [2.24, 2.45) is 16.7 Å². The maximum Gasteiger partial charge on any atom is 0.141 e. The highest BCUT2D eigenvalue weighted by Gasteiger charge is 2.41. The summed E-state index contributed by atoms with van der Waals surface area (Å²) in [6, 6.07) is 0. The quantitative estimate of drug-likeness (QED) is 0.615. The molecule has 0 unspecified atom stereocenters. The second-order valence-corrected chi connectivity index (χ2v) is 11.9. The number of Topliss-reactive ketones (excluding diaryl/α,β-unsaturated/α-hetero) is 1. The van der Waals surface area contributed by atoms with Crippen molar-refractivity contribution in [1.82, 2.24) is 9.80 Å². The topological polar surface area (TPSA) is 23.6 Å². The lowest BCUT2D eigenvalue weighted by Crippen LogP contribution is -2.60. The summed E-state index contributed by atoms with van der Waals surface area (Å²) in [5.41, 5.74) is 0.372. The molecule has 0 saturated carbocycles. The molecule has 0 radical (unpaired) electrons. The predicted molar refractivity (Wildman–Crippen MR) is 114 cm³/mol. The van der Waals surface area contributed by atoms with Crippen molar-refractivity contribution < 1.29 is 4.79 Å². The Morgan fingerprint density at radius 3 is 1.38 bits per heavy atom. The summed E-state index contributed by atoms with van der Waals surface area (Å²) in [5, 5.41) is 0. The SMILES string of the molecule is CC(C)C(=O)C(C)(C)CC(C)(C)N1CCN(C(C)(C)CC(C)(C)C)CC1. The first-order chi connectivity index (χ1) is 11.5. The highest BCUT2D eigenvalue weighted by molar-refractivity contribution is 5.85. The summed E-state index contributed by atoms with van der Waals surface area (Å²) < 4.78 is 0. The van der Waals surface area contributed by atoms with Gasteiger partial charge in [0.2, 0.25) is 0 Å². The van der Waals surface area contributed by atoms with Gasteiger partial charge in [-0.25, -0.2) is 0 Å². The van der Waals surface area contributed by atoms with Crippen LogP contribution in [0, 0.1) is 16.7 Å². The van der Waals surface area contributed by atoms with Gasteiger partial charge in [0.15, 0.2) is 0 Å². The molecule has 154 valence electrons. The summed E-state index contributed by atoms with van der Waals surface area (Å²) >= 11 is 0. The second-order valence-electron chi connectivity index (χ2n) is 11.9. The van der Waals surface area contributed by atoms with Gasteiger partial charge in [-0.2, -0.15) is 0 Å². The standard InChI is InChI=1S/C23H46N2O/c1-18(2)19(26)21(6,7)17-23(10,11)25-14-12-24(13-15-25)22(8,9)16-20(3,4)5/h18H,12-17H2,1-11H3. The molecule has 0 N–H and O–H groups in total. The fourth-order valence-electron chi connectivity index (χ4n) is 5.39. The van der Waals surface area contributed by atoms with Gasteiger partial charge in [-0.3, -0.25) is 14.6 Å². The fraction of sp³-hybridized carbons (Fsp3) is 0.957. The number of nitrogens with zero attached hydrogens (tertiary/aromatic N) is 2. The van der Waals surface area contributed by atoms with E-state index in [0.29, 0.717) is 11.2 Å². The minimum Gasteiger partial charge on any atom is -0.299 e. The van der Waals surface area contributed by atoms with E-state index in [1.165, 1.54) is 6.42 Å². The first-order valence-electron chi connectivity index (χ1n) is 10.5. The number of carbonyl (C=O) groups is 1. The Morgan fingerprint density at radius 1 is 0.731 bits per heavy atom. The van der Waals surface area contributed by atoms with Gasteiger partial charge < -0.3 is 0 Å². The van der Waals surface area contributed by atoms with Crippen LogP contribution in [0.2, 0.25) is 0 Å². The van der Waals surface area contributed by atoms with Gasteiger partial charge in [-0.15, -0.1) is 0 Å². The Morgan fingerprint density at radius 2 is 1.08 bits per heavy atom. The van der Waals surface area contributed by atoms with Crippen LogP contribution < -0.4 is 0 Å². The molecule has 0 aromatic rings. The zero-order valence-electron chi connectivity index (χ0n) is 19.6. The van der Waals surface area contributed by atoms with Crippen LogP contribution >= 0.6 is 0 Å². The highest BCUT2D eigenvalue weighted by atomic mass is 16.1. The van der Waals surface area contributed by atoms with Gasteiger partial charge in [0.05, 0.1) is 0 Å². The zero-order chi connectivity index (χ0) is 20.6. The normalized spacial score (nSPS) is 19.2. The van der Waals surface area contributed by atoms with Crippen molar-refractivity contribution >= 4 is 5.78 Å². The Balaban J connectivity index is 2.73. The summed E-state index contributed by atoms with van der Waals surface area (Å²) in [5.74, 6) is 0.492. The largest absolute Gasteiger partial charge is 0.299 e. The lowest BCUT2D eigenvalue weighted by atomic mass is 9.73. The third-order valence-electron chi connectivity index (χ3n) is 6.02. The van der Waals surface area contributed by atoms with E-state index >= 15 is 0 Å². The average molecular weight is 367 g/mol. The molecule has 1 fully saturated rings. The number of piperazine rings is 1. The Kier molecular flexibility index (Phi) is 7.19. The lowest BCUT2D eigenvalue weighted by Gasteiger charge is -2.51. The molecule has 0 amide bonds. The smallest absolute Gasteiger partial charge is 0.141 e. The van der Waals surface area contributed by atoms with Crippen LogP contribution in [-0.4, -0.2) is 52.8 Å². The molecule has 0 atom stereocenters. The highest BCUT2D eigenvalue weighted by Crippen LogP contribution is 2.36. The van der Waals surface area contributed by atoms with Crippen LogP contribution in [0.5, 0.6) is 0 Å². The fourth-order valence-corrected chi connectivity index (χ4v) is 5.39. The number of hydrogen-bond donors (Lipinski definition) is 0. The molecule has 1 heterocycles. The van der Waals surface area contributed by atoms with E-state index in [9.17, 15) is 4.79 Å². The molecule has 1 aliphatic rings. The maximum atomic E-state index is 12.6. The molecular weight excluding hydrogens is 320 g/mol. The zero-order valence-corrected chi connectivity index (χ0v) is 19.6. The molecule has 0 aromatic heterocycles. The van der Waals surface area contributed by atoms with Gasteiger partial charge in [-0.05, 0) is 46.0 Å². The van der Waals surface area contributed by atoms with E-state index in [1.54, 1.807) is 0 Å². The van der Waals surface area contributed by atoms with Gasteiger partial charge in [0.1, 0.15) is 5.78 Å². The molecule has 0 aromatic carbocycles. The third kappa shape index (κ3) is 6.34. The van der Waals surface area contributed by atoms with E-state index in [-0.39, 0.29) is 22.4 Å². The van der Waals surface area contributed by atoms with E-state index in [0.717, 1.165) is 32.6 Å². The summed E-state index contributed by atoms with van der Waals surface area (Å²) in [4.78, 5) is 17.9. The third-order valence-corrected chi connectivity index (χ3v) is 6.02. The van der Waals surface area contributed by atoms with Crippen molar-refractivity contribution in [3.63, 3.8) is 0 Å². The molecule has 0 bridgehead atoms. The van der Waals surface area contributed by atoms with E-state index in [2.05, 4.69) is 72.1 Å². The molecular formula is C23H46N2O. The molecule has 26 heavy (non-hydrogen) atoms. The minimum atomic E-state index is -0.264. The van der Waals surface area contributed by atoms with Crippen LogP contribution in [0.3, 0.4) is 0 Å². The Bertz CT molecular complexity index is 475. The van der Waals surface area contributed by atoms with Gasteiger partial charge in [-0.1, -0.05) is 48.5 Å². The molecule has 1 saturated heterocycles. The monoisotopic (exact) mass is 366 g/mol. The van der Waals surface area contributed by atoms with E-state index < -0.39 is 0 Å². The molecule has 1 rings (SSSR count). The maximum absolute atomic E-state index is 12.6. The van der Waals surface area contributed by atoms with Gasteiger partial charge >= 0.3 is 0 Å². The average Bonchev–Trinajstić information content (AvgIpc) is 2.43. The van der Waals surface area contributed by atoms with Gasteiger partial charge in [0.25, 0.3) is 0 Å². The Hall–Kier alpha value is -0.410. The molecule has 0 aliphatic carbocycles. The van der Waals surface area contributed by atoms with Crippen molar-refractivity contribution in [2.75, 3.05) is 26.2 Å². The van der Waals surface area contributed by atoms with Crippen molar-refractivity contribution in [2.45, 2.75) is 100 Å². The molecule has 0 spiro atoms. The van der Waals surface area contributed by atoms with E-state index in [1.807, 2.05) is 13.8 Å². The van der Waals surface area contributed by atoms with Crippen molar-refractivity contribution in [1.29, 1.82) is 0 Å². The summed E-state index contributed by atoms with van der Waals surface area (Å²) in [6.45, 7) is 29.1. The summed E-state index contributed by atoms with van der Waals surface area (Å²) in [6.07, 6.45) is 2.13. The lowest BCUT2D eigenvalue weighted by molar-refractivity contribution is -0.132. The van der Waals surface area contributed by atoms with Crippen LogP contribution in [0.1, 0.15) is 89.0 Å². The number of ketones is 1. The molecule has 3 heteroatoms. The van der Waals surface area contributed by atoms with Crippen LogP contribution in [-0.2, 0) is 4.79 Å². The van der Waals surface area contributed by atoms with Gasteiger partial charge in [0, 0.05) is 48.6 Å². The van der Waals surface area contributed by atoms with Crippen molar-refractivity contribution in [3.05, 3.63) is 0 Å². The Labute approximate surface area is 163 Å². The second kappa shape index (κ2) is 7.91. The summed E-state index contributed by atoms with van der Waals surface area (Å²) in [7, 11) is 0.